The molecule has 5 atom stereocenters. The molecule has 6 N–H and O–H groups in total. The predicted octanol–water partition coefficient (Wildman–Crippen LogP) is -2.75. The average Bonchev–Trinajstić information content (AvgIpc) is 2.95. The first-order valence-corrected chi connectivity index (χ1v) is 9.65. The summed E-state index contributed by atoms with van der Waals surface area (Å²) in [6.07, 6.45) is -2.74. The van der Waals surface area contributed by atoms with Crippen molar-refractivity contribution in [3.63, 3.8) is 0 Å². The van der Waals surface area contributed by atoms with Crippen molar-refractivity contribution in [1.82, 2.24) is 9.55 Å². The lowest BCUT2D eigenvalue weighted by Crippen LogP contribution is -2.41. The molecule has 0 radical (unpaired) electrons. The molecule has 0 aromatic carbocycles. The zero-order chi connectivity index (χ0) is 21.3. The first-order valence-electron chi connectivity index (χ1n) is 8.16. The SMILES string of the molecule is C[C@](CN)(Cc1cn([C@H]2C[C@@H](O)[C@@H](COP(=O)([O-])O)O2)c(=O)[nH]c1=O)C(=O)O. The number of carbonyl (C=O) groups is 1. The number of rotatable bonds is 8. The number of aromatic amines is 1. The van der Waals surface area contributed by atoms with Crippen molar-refractivity contribution >= 4 is 13.8 Å². The van der Waals surface area contributed by atoms with Gasteiger partial charge >= 0.3 is 11.7 Å². The molecule has 1 aliphatic heterocycles. The van der Waals surface area contributed by atoms with E-state index in [1.165, 1.54) is 6.92 Å². The Hall–Kier alpha value is -1.86. The van der Waals surface area contributed by atoms with Gasteiger partial charge in [-0.15, -0.1) is 0 Å². The second-order valence-corrected chi connectivity index (χ2v) is 7.96. The molecule has 1 fully saturated rings. The van der Waals surface area contributed by atoms with E-state index in [0.29, 0.717) is 0 Å². The van der Waals surface area contributed by atoms with Gasteiger partial charge in [0.25, 0.3) is 13.4 Å². The van der Waals surface area contributed by atoms with E-state index >= 15 is 0 Å². The minimum atomic E-state index is -5.02. The van der Waals surface area contributed by atoms with E-state index in [-0.39, 0.29) is 24.9 Å². The summed E-state index contributed by atoms with van der Waals surface area (Å²) in [6.45, 7) is 0.420. The van der Waals surface area contributed by atoms with Gasteiger partial charge in [-0.3, -0.25) is 23.7 Å². The number of nitrogens with one attached hydrogen (secondary N) is 1. The van der Waals surface area contributed by atoms with Crippen molar-refractivity contribution in [1.29, 1.82) is 0 Å². The summed E-state index contributed by atoms with van der Waals surface area (Å²) < 4.78 is 21.2. The molecule has 2 rings (SSSR count). The Morgan fingerprint density at radius 2 is 2.21 bits per heavy atom. The van der Waals surface area contributed by atoms with Gasteiger partial charge in [0, 0.05) is 24.7 Å². The smallest absolute Gasteiger partial charge is 0.330 e. The number of nitrogens with two attached hydrogens (primary N) is 1. The fourth-order valence-corrected chi connectivity index (χ4v) is 3.06. The summed E-state index contributed by atoms with van der Waals surface area (Å²) in [6, 6.07) is 0. The van der Waals surface area contributed by atoms with E-state index in [1.54, 1.807) is 0 Å². The third-order valence-corrected chi connectivity index (χ3v) is 4.98. The van der Waals surface area contributed by atoms with E-state index < -0.39 is 55.5 Å². The van der Waals surface area contributed by atoms with E-state index in [9.17, 15) is 34.1 Å². The monoisotopic (exact) mass is 422 g/mol. The summed E-state index contributed by atoms with van der Waals surface area (Å²) in [7, 11) is -5.02. The molecule has 158 valence electrons. The van der Waals surface area contributed by atoms with Crippen LogP contribution in [0, 0.1) is 5.41 Å². The number of hydrogen-bond acceptors (Lipinski definition) is 9. The summed E-state index contributed by atoms with van der Waals surface area (Å²) in [5.41, 5.74) is 2.37. The van der Waals surface area contributed by atoms with Crippen LogP contribution in [0.25, 0.3) is 0 Å². The zero-order valence-corrected chi connectivity index (χ0v) is 15.7. The number of aliphatic hydroxyl groups excluding tert-OH is 1. The lowest BCUT2D eigenvalue weighted by atomic mass is 9.84. The van der Waals surface area contributed by atoms with Gasteiger partial charge in [-0.05, 0) is 13.3 Å². The topological polar surface area (TPSA) is 217 Å². The fraction of sp³-hybridized carbons (Fsp3) is 0.643. The molecule has 1 aromatic heterocycles. The highest BCUT2D eigenvalue weighted by Gasteiger charge is 2.37. The van der Waals surface area contributed by atoms with Gasteiger partial charge in [0.2, 0.25) is 0 Å². The highest BCUT2D eigenvalue weighted by molar-refractivity contribution is 7.44. The normalized spacial score (nSPS) is 26.5. The van der Waals surface area contributed by atoms with Crippen LogP contribution in [-0.2, 0) is 25.0 Å². The lowest BCUT2D eigenvalue weighted by Gasteiger charge is -2.23. The number of aliphatic hydroxyl groups is 1. The van der Waals surface area contributed by atoms with E-state index in [0.717, 1.165) is 10.8 Å². The van der Waals surface area contributed by atoms with Gasteiger partial charge in [0.05, 0.1) is 18.1 Å². The summed E-state index contributed by atoms with van der Waals surface area (Å²) in [5, 5.41) is 19.3. The molecule has 13 nitrogen and oxygen atoms in total. The van der Waals surface area contributed by atoms with Crippen LogP contribution < -0.4 is 21.9 Å². The van der Waals surface area contributed by atoms with Crippen LogP contribution in [0.1, 0.15) is 25.1 Å². The Balaban J connectivity index is 2.27. The third-order valence-electron chi connectivity index (χ3n) is 4.51. The molecule has 0 spiro atoms. The summed E-state index contributed by atoms with van der Waals surface area (Å²) >= 11 is 0. The minimum absolute atomic E-state index is 0.0350. The van der Waals surface area contributed by atoms with E-state index in [4.69, 9.17) is 15.4 Å². The standard InChI is InChI=1S/C14H22N3O10P/c1-14(6-15,12(20)21)3-7-4-17(13(22)16-11(7)19)10-2-8(18)9(27-10)5-26-28(23,24)25/h4,8-10,18H,2-3,5-6,15H2,1H3,(H,20,21)(H,16,19,22)(H2,23,24,25)/p-1/t8-,9-,10-,14-/m1/s1. The van der Waals surface area contributed by atoms with Crippen molar-refractivity contribution in [3.05, 3.63) is 32.6 Å². The molecule has 1 unspecified atom stereocenters. The van der Waals surface area contributed by atoms with Crippen molar-refractivity contribution in [2.75, 3.05) is 13.2 Å². The number of aromatic nitrogens is 2. The van der Waals surface area contributed by atoms with Gasteiger partial charge in [-0.1, -0.05) is 0 Å². The summed E-state index contributed by atoms with van der Waals surface area (Å²) in [5.74, 6) is -1.22. The molecule has 0 amide bonds. The second-order valence-electron chi connectivity index (χ2n) is 6.76. The number of phosphoric acid groups is 1. The minimum Gasteiger partial charge on any atom is -0.756 e. The maximum Gasteiger partial charge on any atom is 0.330 e. The molecule has 0 bridgehead atoms. The van der Waals surface area contributed by atoms with E-state index in [1.807, 2.05) is 4.98 Å². The largest absolute Gasteiger partial charge is 0.756 e. The van der Waals surface area contributed by atoms with Crippen LogP contribution in [0.4, 0.5) is 0 Å². The van der Waals surface area contributed by atoms with Crippen LogP contribution in [0.5, 0.6) is 0 Å². The highest BCUT2D eigenvalue weighted by atomic mass is 31.2. The number of phosphoric ester groups is 1. The van der Waals surface area contributed by atoms with Gasteiger partial charge in [-0.2, -0.15) is 0 Å². The molecule has 1 saturated heterocycles. The Morgan fingerprint density at radius 3 is 2.75 bits per heavy atom. The molecule has 1 aromatic rings. The molecule has 1 aliphatic rings. The number of ether oxygens (including phenoxy) is 1. The molecular weight excluding hydrogens is 401 g/mol. The maximum absolute atomic E-state index is 12.1. The fourth-order valence-electron chi connectivity index (χ4n) is 2.73. The molecule has 2 heterocycles. The molecule has 0 aliphatic carbocycles. The van der Waals surface area contributed by atoms with Crippen LogP contribution in [0.15, 0.2) is 15.8 Å². The number of H-pyrrole nitrogens is 1. The molecule has 0 saturated carbocycles. The summed E-state index contributed by atoms with van der Waals surface area (Å²) in [4.78, 5) is 56.9. The number of nitrogens with zero attached hydrogens (tertiary/aromatic N) is 1. The van der Waals surface area contributed by atoms with Gasteiger partial charge < -0.3 is 35.0 Å². The third kappa shape index (κ3) is 5.14. The Morgan fingerprint density at radius 1 is 1.57 bits per heavy atom. The van der Waals surface area contributed by atoms with Crippen molar-refractivity contribution in [3.8, 4) is 0 Å². The molecule has 14 heteroatoms. The van der Waals surface area contributed by atoms with Gasteiger partial charge in [-0.25, -0.2) is 4.79 Å². The van der Waals surface area contributed by atoms with Crippen molar-refractivity contribution in [2.24, 2.45) is 11.1 Å². The lowest BCUT2D eigenvalue weighted by molar-refractivity contribution is -0.223. The van der Waals surface area contributed by atoms with Crippen LogP contribution in [0.2, 0.25) is 0 Å². The average molecular weight is 422 g/mol. The van der Waals surface area contributed by atoms with Gasteiger partial charge in [0.15, 0.2) is 0 Å². The Labute approximate surface area is 158 Å². The van der Waals surface area contributed by atoms with Crippen LogP contribution >= 0.6 is 7.82 Å². The quantitative estimate of drug-likeness (QED) is 0.270. The number of hydrogen-bond donors (Lipinski definition) is 5. The maximum atomic E-state index is 12.1. The number of aliphatic carboxylic acids is 1. The Bertz CT molecular complexity index is 892. The first-order chi connectivity index (χ1) is 12.9. The van der Waals surface area contributed by atoms with Crippen LogP contribution in [-0.4, -0.2) is 56.0 Å². The molecular formula is C14H21N3O10P-. The van der Waals surface area contributed by atoms with Crippen molar-refractivity contribution < 1.29 is 38.6 Å². The number of carboxylic acids is 1. The Kier molecular flexibility index (Phi) is 6.61. The first kappa shape index (κ1) is 22.4. The van der Waals surface area contributed by atoms with E-state index in [2.05, 4.69) is 4.52 Å². The van der Waals surface area contributed by atoms with Gasteiger partial charge in [0.1, 0.15) is 12.3 Å². The highest BCUT2D eigenvalue weighted by Crippen LogP contribution is 2.34. The second kappa shape index (κ2) is 8.25. The van der Waals surface area contributed by atoms with Crippen molar-refractivity contribution in [2.45, 2.75) is 38.2 Å². The molecule has 28 heavy (non-hydrogen) atoms. The predicted molar refractivity (Wildman–Crippen MR) is 90.1 cm³/mol. The van der Waals surface area contributed by atoms with Crippen LogP contribution in [0.3, 0.4) is 0 Å². The number of carboxylic acid groups (broad SMARTS) is 1. The zero-order valence-electron chi connectivity index (χ0n) is 14.8.